The number of amides is 1. The van der Waals surface area contributed by atoms with Gasteiger partial charge in [-0.2, -0.15) is 17.0 Å². The van der Waals surface area contributed by atoms with Gasteiger partial charge in [-0.3, -0.25) is 9.59 Å². The minimum atomic E-state index is -0.879. The Kier molecular flexibility index (Phi) is 6.77. The van der Waals surface area contributed by atoms with Crippen LogP contribution in [0.25, 0.3) is 0 Å². The number of carboxylic acids is 1. The molecule has 1 amide bonds. The lowest BCUT2D eigenvalue weighted by atomic mass is 9.90. The molecule has 18 heavy (non-hydrogen) atoms. The molecule has 0 saturated carbocycles. The molecule has 0 heterocycles. The van der Waals surface area contributed by atoms with Gasteiger partial charge in [0.1, 0.15) is 5.54 Å². The summed E-state index contributed by atoms with van der Waals surface area (Å²) >= 11 is 1.26. The molecule has 0 radical (unpaired) electrons. The van der Waals surface area contributed by atoms with Crippen LogP contribution in [-0.4, -0.2) is 34.0 Å². The van der Waals surface area contributed by atoms with Crippen molar-refractivity contribution >= 4 is 23.6 Å². The summed E-state index contributed by atoms with van der Waals surface area (Å²) in [7, 11) is 0. The average Bonchev–Trinajstić information content (AvgIpc) is 2.28. The fourth-order valence-electron chi connectivity index (χ4n) is 1.03. The smallest absolute Gasteiger partial charge is 0.307 e. The van der Waals surface area contributed by atoms with E-state index >= 15 is 0 Å². The summed E-state index contributed by atoms with van der Waals surface area (Å²) in [6, 6.07) is 2.09. The van der Waals surface area contributed by atoms with Crippen LogP contribution >= 0.6 is 11.8 Å². The van der Waals surface area contributed by atoms with Gasteiger partial charge in [0.25, 0.3) is 0 Å². The number of nitriles is 1. The SMILES string of the molecule is CC(CSCC(=O)NC(C)(C#N)C(C)C)C(=O)O. The monoisotopic (exact) mass is 272 g/mol. The van der Waals surface area contributed by atoms with Gasteiger partial charge in [0.15, 0.2) is 0 Å². The van der Waals surface area contributed by atoms with E-state index in [1.54, 1.807) is 13.8 Å². The molecular weight excluding hydrogens is 252 g/mol. The number of carbonyl (C=O) groups is 2. The normalized spacial score (nSPS) is 15.6. The zero-order valence-electron chi connectivity index (χ0n) is 11.2. The van der Waals surface area contributed by atoms with Crippen molar-refractivity contribution < 1.29 is 14.7 Å². The number of nitrogens with one attached hydrogen (secondary N) is 1. The first-order valence-corrected chi connectivity index (χ1v) is 6.91. The van der Waals surface area contributed by atoms with Crippen LogP contribution in [-0.2, 0) is 9.59 Å². The van der Waals surface area contributed by atoms with Crippen LogP contribution in [0.5, 0.6) is 0 Å². The maximum Gasteiger partial charge on any atom is 0.307 e. The van der Waals surface area contributed by atoms with Crippen molar-refractivity contribution in [2.24, 2.45) is 11.8 Å². The van der Waals surface area contributed by atoms with Gasteiger partial charge < -0.3 is 10.4 Å². The Labute approximate surface area is 112 Å². The summed E-state index contributed by atoms with van der Waals surface area (Å²) in [5.41, 5.74) is -0.879. The Bertz CT molecular complexity index is 352. The Morgan fingerprint density at radius 1 is 1.44 bits per heavy atom. The number of hydrogen-bond acceptors (Lipinski definition) is 4. The van der Waals surface area contributed by atoms with E-state index in [2.05, 4.69) is 11.4 Å². The number of carboxylic acid groups (broad SMARTS) is 1. The fraction of sp³-hybridized carbons (Fsp3) is 0.750. The van der Waals surface area contributed by atoms with Gasteiger partial charge in [-0.25, -0.2) is 0 Å². The van der Waals surface area contributed by atoms with Crippen LogP contribution in [0.4, 0.5) is 0 Å². The first kappa shape index (κ1) is 16.8. The van der Waals surface area contributed by atoms with Crippen molar-refractivity contribution in [3.63, 3.8) is 0 Å². The zero-order chi connectivity index (χ0) is 14.3. The van der Waals surface area contributed by atoms with E-state index in [1.807, 2.05) is 13.8 Å². The van der Waals surface area contributed by atoms with Crippen molar-refractivity contribution in [2.75, 3.05) is 11.5 Å². The second kappa shape index (κ2) is 7.27. The largest absolute Gasteiger partial charge is 0.481 e. The summed E-state index contributed by atoms with van der Waals surface area (Å²) in [6.45, 7) is 7.01. The van der Waals surface area contributed by atoms with Gasteiger partial charge in [-0.1, -0.05) is 20.8 Å². The lowest BCUT2D eigenvalue weighted by molar-refractivity contribution is -0.140. The molecule has 0 saturated heterocycles. The molecule has 0 spiro atoms. The molecule has 6 heteroatoms. The van der Waals surface area contributed by atoms with E-state index in [-0.39, 0.29) is 17.6 Å². The van der Waals surface area contributed by atoms with Crippen LogP contribution in [0.3, 0.4) is 0 Å². The molecule has 2 atom stereocenters. The molecule has 0 rings (SSSR count). The van der Waals surface area contributed by atoms with Gasteiger partial charge in [0.2, 0.25) is 5.91 Å². The van der Waals surface area contributed by atoms with Crippen LogP contribution in [0, 0.1) is 23.2 Å². The highest BCUT2D eigenvalue weighted by molar-refractivity contribution is 7.99. The van der Waals surface area contributed by atoms with Gasteiger partial charge in [0.05, 0.1) is 17.7 Å². The van der Waals surface area contributed by atoms with Crippen molar-refractivity contribution in [1.82, 2.24) is 5.32 Å². The molecule has 102 valence electrons. The van der Waals surface area contributed by atoms with Crippen molar-refractivity contribution in [2.45, 2.75) is 33.2 Å². The fourth-order valence-corrected chi connectivity index (χ4v) is 1.90. The van der Waals surface area contributed by atoms with Crippen molar-refractivity contribution in [3.8, 4) is 6.07 Å². The van der Waals surface area contributed by atoms with Crippen molar-refractivity contribution in [1.29, 1.82) is 5.26 Å². The molecule has 0 fully saturated rings. The summed E-state index contributed by atoms with van der Waals surface area (Å²) in [5, 5.41) is 20.4. The van der Waals surface area contributed by atoms with Gasteiger partial charge in [0, 0.05) is 5.75 Å². The predicted molar refractivity (Wildman–Crippen MR) is 71.1 cm³/mol. The zero-order valence-corrected chi connectivity index (χ0v) is 12.0. The minimum Gasteiger partial charge on any atom is -0.481 e. The Morgan fingerprint density at radius 3 is 2.39 bits per heavy atom. The molecule has 0 aromatic carbocycles. The summed E-state index contributed by atoms with van der Waals surface area (Å²) in [6.07, 6.45) is 0. The third-order valence-corrected chi connectivity index (χ3v) is 4.01. The molecule has 0 aromatic heterocycles. The molecule has 0 aliphatic rings. The minimum absolute atomic E-state index is 0.00870. The summed E-state index contributed by atoms with van der Waals surface area (Å²) in [4.78, 5) is 22.2. The molecule has 0 bridgehead atoms. The van der Waals surface area contributed by atoms with E-state index in [0.29, 0.717) is 5.75 Å². The van der Waals surface area contributed by atoms with E-state index < -0.39 is 17.4 Å². The van der Waals surface area contributed by atoms with Gasteiger partial charge >= 0.3 is 5.97 Å². The third-order valence-electron chi connectivity index (χ3n) is 2.81. The first-order chi connectivity index (χ1) is 8.23. The Balaban J connectivity index is 4.14. The third kappa shape index (κ3) is 5.41. The molecular formula is C12H20N2O3S. The van der Waals surface area contributed by atoms with Crippen LogP contribution in [0.2, 0.25) is 0 Å². The van der Waals surface area contributed by atoms with Crippen LogP contribution < -0.4 is 5.32 Å². The Morgan fingerprint density at radius 2 is 2.00 bits per heavy atom. The quantitative estimate of drug-likeness (QED) is 0.733. The van der Waals surface area contributed by atoms with E-state index in [1.165, 1.54) is 11.8 Å². The number of nitrogens with zero attached hydrogens (tertiary/aromatic N) is 1. The van der Waals surface area contributed by atoms with Gasteiger partial charge in [-0.05, 0) is 12.8 Å². The lowest BCUT2D eigenvalue weighted by Gasteiger charge is -2.27. The second-order valence-electron chi connectivity index (χ2n) is 4.77. The number of thioether (sulfide) groups is 1. The molecule has 2 unspecified atom stereocenters. The molecule has 2 N–H and O–H groups in total. The van der Waals surface area contributed by atoms with Crippen LogP contribution in [0.15, 0.2) is 0 Å². The number of hydrogen-bond donors (Lipinski definition) is 2. The predicted octanol–water partition coefficient (Wildman–Crippen LogP) is 1.49. The summed E-state index contributed by atoms with van der Waals surface area (Å²) in [5.74, 6) is -1.03. The number of carbonyl (C=O) groups excluding carboxylic acids is 1. The molecule has 0 aromatic rings. The molecule has 0 aliphatic heterocycles. The van der Waals surface area contributed by atoms with Crippen LogP contribution in [0.1, 0.15) is 27.7 Å². The molecule has 5 nitrogen and oxygen atoms in total. The number of aliphatic carboxylic acids is 1. The van der Waals surface area contributed by atoms with E-state index in [4.69, 9.17) is 10.4 Å². The van der Waals surface area contributed by atoms with E-state index in [0.717, 1.165) is 0 Å². The highest BCUT2D eigenvalue weighted by Crippen LogP contribution is 2.16. The van der Waals surface area contributed by atoms with Gasteiger partial charge in [-0.15, -0.1) is 0 Å². The number of rotatable bonds is 7. The highest BCUT2D eigenvalue weighted by Gasteiger charge is 2.29. The summed E-state index contributed by atoms with van der Waals surface area (Å²) < 4.78 is 0. The lowest BCUT2D eigenvalue weighted by Crippen LogP contribution is -2.49. The topological polar surface area (TPSA) is 90.2 Å². The average molecular weight is 272 g/mol. The van der Waals surface area contributed by atoms with E-state index in [9.17, 15) is 9.59 Å². The Hall–Kier alpha value is -1.22. The highest BCUT2D eigenvalue weighted by atomic mass is 32.2. The molecule has 0 aliphatic carbocycles. The van der Waals surface area contributed by atoms with Crippen molar-refractivity contribution in [3.05, 3.63) is 0 Å². The second-order valence-corrected chi connectivity index (χ2v) is 5.80. The maximum atomic E-state index is 11.6. The standard InChI is InChI=1S/C12H20N2O3S/c1-8(2)12(4,7-13)14-10(15)6-18-5-9(3)11(16)17/h8-9H,5-6H2,1-4H3,(H,14,15)(H,16,17). The maximum absolute atomic E-state index is 11.6. The first-order valence-electron chi connectivity index (χ1n) is 5.75.